The average Bonchev–Trinajstić information content (AvgIpc) is 3.54. The van der Waals surface area contributed by atoms with Crippen molar-refractivity contribution < 1.29 is 18.6 Å². The van der Waals surface area contributed by atoms with Crippen molar-refractivity contribution in [3.8, 4) is 11.5 Å². The highest BCUT2D eigenvalue weighted by atomic mass is 16.5. The number of nitrogens with zero attached hydrogens (tertiary/aromatic N) is 5. The van der Waals surface area contributed by atoms with E-state index in [9.17, 15) is 4.79 Å². The topological polar surface area (TPSA) is 136 Å². The van der Waals surface area contributed by atoms with Crippen LogP contribution in [-0.4, -0.2) is 65.3 Å². The molecular weight excluding hydrogens is 442 g/mol. The minimum Gasteiger partial charge on any atom is -0.492 e. The number of hydrogen-bond donors (Lipinski definition) is 2. The largest absolute Gasteiger partial charge is 0.492 e. The van der Waals surface area contributed by atoms with E-state index in [-0.39, 0.29) is 24.8 Å². The molecule has 34 heavy (non-hydrogen) atoms. The minimum atomic E-state index is -0.415. The molecular formula is C22H25N7O5. The van der Waals surface area contributed by atoms with Crippen molar-refractivity contribution in [1.82, 2.24) is 19.6 Å². The molecule has 5 rings (SSSR count). The summed E-state index contributed by atoms with van der Waals surface area (Å²) >= 11 is 0. The van der Waals surface area contributed by atoms with Gasteiger partial charge in [0.05, 0.1) is 19.4 Å². The smallest absolute Gasteiger partial charge is 0.327 e. The van der Waals surface area contributed by atoms with Gasteiger partial charge < -0.3 is 29.3 Å². The van der Waals surface area contributed by atoms with E-state index in [0.717, 1.165) is 5.75 Å². The van der Waals surface area contributed by atoms with Crippen LogP contribution in [0.1, 0.15) is 17.6 Å². The number of nitrogens with one attached hydrogen (secondary N) is 1. The van der Waals surface area contributed by atoms with E-state index in [0.29, 0.717) is 42.1 Å². The van der Waals surface area contributed by atoms with Gasteiger partial charge in [0, 0.05) is 14.2 Å². The molecule has 2 aliphatic rings. The van der Waals surface area contributed by atoms with Crippen LogP contribution in [0.25, 0.3) is 0 Å². The first-order valence-corrected chi connectivity index (χ1v) is 10.7. The SMILES string of the molecule is COCCOc1ccc(OCCn2c3c([nH]c2=O)C2=NC(c4ccco4)N(C)N2C(N)=N3)cc1. The number of imidazole rings is 1. The van der Waals surface area contributed by atoms with Crippen LogP contribution in [0.15, 0.2) is 61.9 Å². The van der Waals surface area contributed by atoms with Gasteiger partial charge in [0.2, 0.25) is 5.96 Å². The molecule has 0 radical (unpaired) electrons. The number of aliphatic imine (C=N–C) groups is 2. The number of H-pyrrole nitrogens is 1. The highest BCUT2D eigenvalue weighted by Gasteiger charge is 2.41. The molecule has 12 heteroatoms. The molecule has 178 valence electrons. The molecule has 3 N–H and O–H groups in total. The summed E-state index contributed by atoms with van der Waals surface area (Å²) in [5, 5.41) is 3.46. The first-order valence-electron chi connectivity index (χ1n) is 10.7. The monoisotopic (exact) mass is 467 g/mol. The first kappa shape index (κ1) is 21.8. The third-order valence-electron chi connectivity index (χ3n) is 5.49. The van der Waals surface area contributed by atoms with Gasteiger partial charge in [0.15, 0.2) is 17.8 Å². The summed E-state index contributed by atoms with van der Waals surface area (Å²) in [6.45, 7) is 1.53. The summed E-state index contributed by atoms with van der Waals surface area (Å²) in [7, 11) is 3.45. The molecule has 1 atom stereocenters. The van der Waals surface area contributed by atoms with Gasteiger partial charge in [-0.15, -0.1) is 0 Å². The van der Waals surface area contributed by atoms with Crippen molar-refractivity contribution in [3.05, 3.63) is 64.6 Å². The zero-order valence-electron chi connectivity index (χ0n) is 18.8. The van der Waals surface area contributed by atoms with Gasteiger partial charge in [0.25, 0.3) is 0 Å². The first-order chi connectivity index (χ1) is 16.6. The van der Waals surface area contributed by atoms with Gasteiger partial charge in [-0.05, 0) is 36.4 Å². The van der Waals surface area contributed by atoms with Gasteiger partial charge in [-0.3, -0.25) is 4.57 Å². The van der Waals surface area contributed by atoms with Gasteiger partial charge in [-0.25, -0.2) is 14.8 Å². The lowest BCUT2D eigenvalue weighted by molar-refractivity contribution is 0.108. The third kappa shape index (κ3) is 3.93. The Morgan fingerprint density at radius 1 is 1.12 bits per heavy atom. The summed E-state index contributed by atoms with van der Waals surface area (Å²) in [4.78, 5) is 24.8. The second-order valence-corrected chi connectivity index (χ2v) is 7.64. The predicted octanol–water partition coefficient (Wildman–Crippen LogP) is 1.44. The number of ether oxygens (including phenoxy) is 3. The lowest BCUT2D eigenvalue weighted by Crippen LogP contribution is -2.49. The highest BCUT2D eigenvalue weighted by Crippen LogP contribution is 2.35. The molecule has 1 unspecified atom stereocenters. The van der Waals surface area contributed by atoms with Crippen LogP contribution < -0.4 is 20.9 Å². The van der Waals surface area contributed by atoms with Crippen LogP contribution in [0.4, 0.5) is 5.82 Å². The fourth-order valence-corrected chi connectivity index (χ4v) is 3.87. The zero-order chi connectivity index (χ0) is 23.7. The Morgan fingerprint density at radius 2 is 1.85 bits per heavy atom. The molecule has 0 aliphatic carbocycles. The van der Waals surface area contributed by atoms with E-state index in [2.05, 4.69) is 9.98 Å². The molecule has 1 aromatic carbocycles. The number of fused-ring (bicyclic) bond motifs is 3. The number of aromatic amines is 1. The second kappa shape index (κ2) is 9.08. The second-order valence-electron chi connectivity index (χ2n) is 7.64. The maximum absolute atomic E-state index is 12.7. The molecule has 0 bridgehead atoms. The average molecular weight is 467 g/mol. The van der Waals surface area contributed by atoms with Gasteiger partial charge in [-0.2, -0.15) is 10.0 Å². The van der Waals surface area contributed by atoms with E-state index in [1.165, 1.54) is 4.57 Å². The van der Waals surface area contributed by atoms with E-state index in [1.807, 2.05) is 37.4 Å². The summed E-state index contributed by atoms with van der Waals surface area (Å²) < 4.78 is 23.3. The lowest BCUT2D eigenvalue weighted by Gasteiger charge is -2.30. The third-order valence-corrected chi connectivity index (χ3v) is 5.49. The number of amidine groups is 1. The number of nitrogens with two attached hydrogens (primary N) is 1. The number of hydrazine groups is 1. The van der Waals surface area contributed by atoms with Crippen LogP contribution >= 0.6 is 0 Å². The fraction of sp³-hybridized carbons (Fsp3) is 0.318. The van der Waals surface area contributed by atoms with Crippen LogP contribution in [0, 0.1) is 0 Å². The van der Waals surface area contributed by atoms with E-state index >= 15 is 0 Å². The Balaban J connectivity index is 1.30. The molecule has 0 spiro atoms. The summed E-state index contributed by atoms with van der Waals surface area (Å²) in [6.07, 6.45) is 1.17. The molecule has 0 amide bonds. The van der Waals surface area contributed by atoms with Crippen molar-refractivity contribution in [2.75, 3.05) is 34.0 Å². The van der Waals surface area contributed by atoms with E-state index in [4.69, 9.17) is 29.4 Å². The van der Waals surface area contributed by atoms with Crippen molar-refractivity contribution in [2.45, 2.75) is 12.7 Å². The van der Waals surface area contributed by atoms with Crippen LogP contribution in [0.3, 0.4) is 0 Å². The minimum absolute atomic E-state index is 0.209. The van der Waals surface area contributed by atoms with Gasteiger partial charge >= 0.3 is 5.69 Å². The fourth-order valence-electron chi connectivity index (χ4n) is 3.87. The summed E-state index contributed by atoms with van der Waals surface area (Å²) in [5.74, 6) is 3.17. The van der Waals surface area contributed by atoms with Crippen molar-refractivity contribution >= 4 is 17.6 Å². The van der Waals surface area contributed by atoms with Crippen molar-refractivity contribution in [2.24, 2.45) is 15.7 Å². The van der Waals surface area contributed by atoms with Crippen LogP contribution in [-0.2, 0) is 11.3 Å². The Bertz CT molecular complexity index is 1260. The number of aromatic nitrogens is 2. The number of methoxy groups -OCH3 is 1. The van der Waals surface area contributed by atoms with Crippen LogP contribution in [0.2, 0.25) is 0 Å². The normalized spacial score (nSPS) is 17.2. The Kier molecular flexibility index (Phi) is 5.82. The quantitative estimate of drug-likeness (QED) is 0.451. The molecule has 0 fully saturated rings. The van der Waals surface area contributed by atoms with Crippen molar-refractivity contribution in [1.29, 1.82) is 0 Å². The Hall–Kier alpha value is -4.03. The van der Waals surface area contributed by atoms with Crippen LogP contribution in [0.5, 0.6) is 11.5 Å². The molecule has 0 saturated carbocycles. The Morgan fingerprint density at radius 3 is 2.53 bits per heavy atom. The Labute approximate surface area is 194 Å². The molecule has 2 aliphatic heterocycles. The maximum Gasteiger partial charge on any atom is 0.327 e. The number of rotatable bonds is 9. The number of benzene rings is 1. The number of guanidine groups is 1. The summed E-state index contributed by atoms with van der Waals surface area (Å²) in [5.41, 5.74) is 6.42. The molecule has 0 saturated heterocycles. The maximum atomic E-state index is 12.7. The zero-order valence-corrected chi connectivity index (χ0v) is 18.8. The molecule has 3 aromatic rings. The highest BCUT2D eigenvalue weighted by molar-refractivity contribution is 6.13. The lowest BCUT2D eigenvalue weighted by atomic mass is 10.3. The van der Waals surface area contributed by atoms with Gasteiger partial charge in [-0.1, -0.05) is 0 Å². The summed E-state index contributed by atoms with van der Waals surface area (Å²) in [6, 6.07) is 10.9. The van der Waals surface area contributed by atoms with E-state index < -0.39 is 6.17 Å². The number of furan rings is 1. The van der Waals surface area contributed by atoms with Gasteiger partial charge in [0.1, 0.15) is 36.2 Å². The molecule has 4 heterocycles. The number of hydrogen-bond acceptors (Lipinski definition) is 10. The molecule has 2 aromatic heterocycles. The standard InChI is InChI=1S/C22H25N7O5/c1-27-18(16-4-3-10-34-16)25-20-17-19(26-21(23)29(20)27)28(22(30)24-17)9-11-32-14-5-7-15(8-6-14)33-13-12-31-2/h3-8,10,18H,9,11-13H2,1-2H3,(H2,23,26)(H,24,30). The van der Waals surface area contributed by atoms with Crippen molar-refractivity contribution in [3.63, 3.8) is 0 Å². The molecule has 12 nitrogen and oxygen atoms in total. The predicted molar refractivity (Wildman–Crippen MR) is 123 cm³/mol. The van der Waals surface area contributed by atoms with E-state index in [1.54, 1.807) is 29.5 Å².